The van der Waals surface area contributed by atoms with Gasteiger partial charge in [0.25, 0.3) is 0 Å². The first-order valence-electron chi connectivity index (χ1n) is 6.25. The molecule has 1 aromatic rings. The van der Waals surface area contributed by atoms with E-state index < -0.39 is 0 Å². The van der Waals surface area contributed by atoms with Crippen molar-refractivity contribution in [1.29, 1.82) is 0 Å². The lowest BCUT2D eigenvalue weighted by atomic mass is 9.90. The fourth-order valence-corrected chi connectivity index (χ4v) is 2.47. The number of aryl methyl sites for hydroxylation is 1. The van der Waals surface area contributed by atoms with E-state index in [-0.39, 0.29) is 5.82 Å². The standard InChI is InChI=1S/C14H20FNO/c1-10-3-4-12(14(17-2)13(10)15)9-11-5-7-16-8-6-11/h3-4,11,16H,5-9H2,1-2H3. The Morgan fingerprint density at radius 3 is 2.71 bits per heavy atom. The van der Waals surface area contributed by atoms with Gasteiger partial charge in [-0.3, -0.25) is 0 Å². The molecule has 0 aromatic heterocycles. The van der Waals surface area contributed by atoms with Crippen LogP contribution in [-0.2, 0) is 6.42 Å². The maximum atomic E-state index is 13.9. The predicted octanol–water partition coefficient (Wildman–Crippen LogP) is 2.68. The van der Waals surface area contributed by atoms with E-state index in [1.165, 1.54) is 12.8 Å². The van der Waals surface area contributed by atoms with Crippen LogP contribution in [0.3, 0.4) is 0 Å². The highest BCUT2D eigenvalue weighted by atomic mass is 19.1. The van der Waals surface area contributed by atoms with Crippen LogP contribution in [0, 0.1) is 18.7 Å². The van der Waals surface area contributed by atoms with Gasteiger partial charge in [-0.15, -0.1) is 0 Å². The Kier molecular flexibility index (Phi) is 4.00. The van der Waals surface area contributed by atoms with Crippen LogP contribution >= 0.6 is 0 Å². The van der Waals surface area contributed by atoms with Crippen LogP contribution < -0.4 is 10.1 Å². The first kappa shape index (κ1) is 12.4. The van der Waals surface area contributed by atoms with E-state index in [1.807, 2.05) is 12.1 Å². The molecule has 1 aliphatic heterocycles. The van der Waals surface area contributed by atoms with Gasteiger partial charge < -0.3 is 10.1 Å². The summed E-state index contributed by atoms with van der Waals surface area (Å²) < 4.78 is 19.1. The number of ether oxygens (including phenoxy) is 1. The minimum Gasteiger partial charge on any atom is -0.493 e. The summed E-state index contributed by atoms with van der Waals surface area (Å²) in [5.74, 6) is 0.870. The molecule has 2 nitrogen and oxygen atoms in total. The van der Waals surface area contributed by atoms with Crippen molar-refractivity contribution in [2.24, 2.45) is 5.92 Å². The number of piperidine rings is 1. The monoisotopic (exact) mass is 237 g/mol. The molecule has 1 aromatic carbocycles. The lowest BCUT2D eigenvalue weighted by Crippen LogP contribution is -2.28. The zero-order valence-corrected chi connectivity index (χ0v) is 10.6. The predicted molar refractivity (Wildman–Crippen MR) is 67.0 cm³/mol. The van der Waals surface area contributed by atoms with Crippen molar-refractivity contribution in [2.75, 3.05) is 20.2 Å². The molecule has 1 fully saturated rings. The Morgan fingerprint density at radius 1 is 1.35 bits per heavy atom. The lowest BCUT2D eigenvalue weighted by molar-refractivity contribution is 0.351. The molecule has 1 aliphatic rings. The van der Waals surface area contributed by atoms with Crippen molar-refractivity contribution in [3.63, 3.8) is 0 Å². The molecule has 0 bridgehead atoms. The highest BCUT2D eigenvalue weighted by Crippen LogP contribution is 2.29. The van der Waals surface area contributed by atoms with Crippen molar-refractivity contribution in [2.45, 2.75) is 26.2 Å². The molecule has 94 valence electrons. The van der Waals surface area contributed by atoms with Gasteiger partial charge >= 0.3 is 0 Å². The first-order valence-corrected chi connectivity index (χ1v) is 6.25. The summed E-state index contributed by atoms with van der Waals surface area (Å²) in [4.78, 5) is 0. The third-order valence-corrected chi connectivity index (χ3v) is 3.54. The van der Waals surface area contributed by atoms with Gasteiger partial charge in [0.2, 0.25) is 0 Å². The van der Waals surface area contributed by atoms with Crippen LogP contribution in [0.4, 0.5) is 4.39 Å². The molecule has 3 heteroatoms. The molecule has 0 amide bonds. The van der Waals surface area contributed by atoms with Crippen LogP contribution in [0.1, 0.15) is 24.0 Å². The number of methoxy groups -OCH3 is 1. The Labute approximate surface area is 102 Å². The van der Waals surface area contributed by atoms with Crippen LogP contribution in [0.15, 0.2) is 12.1 Å². The van der Waals surface area contributed by atoms with Crippen LogP contribution in [-0.4, -0.2) is 20.2 Å². The van der Waals surface area contributed by atoms with E-state index >= 15 is 0 Å². The van der Waals surface area contributed by atoms with Gasteiger partial charge in [-0.05, 0) is 56.3 Å². The summed E-state index contributed by atoms with van der Waals surface area (Å²) in [7, 11) is 1.55. The number of hydrogen-bond acceptors (Lipinski definition) is 2. The molecule has 0 atom stereocenters. The highest BCUT2D eigenvalue weighted by molar-refractivity contribution is 5.39. The number of halogens is 1. The maximum Gasteiger partial charge on any atom is 0.168 e. The molecule has 2 rings (SSSR count). The fourth-order valence-electron chi connectivity index (χ4n) is 2.47. The van der Waals surface area contributed by atoms with E-state index in [4.69, 9.17) is 4.74 Å². The number of hydrogen-bond donors (Lipinski definition) is 1. The first-order chi connectivity index (χ1) is 8.22. The van der Waals surface area contributed by atoms with Gasteiger partial charge in [0.05, 0.1) is 7.11 Å². The van der Waals surface area contributed by atoms with E-state index in [0.717, 1.165) is 25.1 Å². The molecular formula is C14H20FNO. The Bertz CT molecular complexity index is 386. The SMILES string of the molecule is COc1c(CC2CCNCC2)ccc(C)c1F. The van der Waals surface area contributed by atoms with Crippen LogP contribution in [0.2, 0.25) is 0 Å². The quantitative estimate of drug-likeness (QED) is 0.872. The normalized spacial score (nSPS) is 17.1. The maximum absolute atomic E-state index is 13.9. The van der Waals surface area contributed by atoms with Crippen LogP contribution in [0.25, 0.3) is 0 Å². The topological polar surface area (TPSA) is 21.3 Å². The van der Waals surface area contributed by atoms with Crippen molar-refractivity contribution >= 4 is 0 Å². The molecule has 17 heavy (non-hydrogen) atoms. The molecule has 0 saturated carbocycles. The Morgan fingerprint density at radius 2 is 2.06 bits per heavy atom. The average Bonchev–Trinajstić information content (AvgIpc) is 2.36. The molecule has 1 saturated heterocycles. The van der Waals surface area contributed by atoms with E-state index in [9.17, 15) is 4.39 Å². The molecular weight excluding hydrogens is 217 g/mol. The van der Waals surface area contributed by atoms with Gasteiger partial charge in [-0.25, -0.2) is 4.39 Å². The second-order valence-corrected chi connectivity index (χ2v) is 4.79. The lowest BCUT2D eigenvalue weighted by Gasteiger charge is -2.23. The molecule has 1 N–H and O–H groups in total. The van der Waals surface area contributed by atoms with Gasteiger partial charge in [0.15, 0.2) is 11.6 Å². The Balaban J connectivity index is 2.17. The fraction of sp³-hybridized carbons (Fsp3) is 0.571. The second kappa shape index (κ2) is 5.50. The minimum absolute atomic E-state index is 0.209. The average molecular weight is 237 g/mol. The molecule has 1 heterocycles. The number of rotatable bonds is 3. The molecule has 0 aliphatic carbocycles. The summed E-state index contributed by atoms with van der Waals surface area (Å²) >= 11 is 0. The largest absolute Gasteiger partial charge is 0.493 e. The van der Waals surface area contributed by atoms with Crippen molar-refractivity contribution in [3.05, 3.63) is 29.1 Å². The second-order valence-electron chi connectivity index (χ2n) is 4.79. The van der Waals surface area contributed by atoms with Gasteiger partial charge in [-0.2, -0.15) is 0 Å². The van der Waals surface area contributed by atoms with Crippen molar-refractivity contribution in [1.82, 2.24) is 5.32 Å². The third-order valence-electron chi connectivity index (χ3n) is 3.54. The van der Waals surface area contributed by atoms with Gasteiger partial charge in [-0.1, -0.05) is 12.1 Å². The zero-order chi connectivity index (χ0) is 12.3. The van der Waals surface area contributed by atoms with Crippen LogP contribution in [0.5, 0.6) is 5.75 Å². The highest BCUT2D eigenvalue weighted by Gasteiger charge is 2.18. The number of nitrogens with one attached hydrogen (secondary N) is 1. The third kappa shape index (κ3) is 2.78. The summed E-state index contributed by atoms with van der Waals surface area (Å²) in [6, 6.07) is 3.84. The zero-order valence-electron chi connectivity index (χ0n) is 10.6. The van der Waals surface area contributed by atoms with Crippen molar-refractivity contribution in [3.8, 4) is 5.75 Å². The van der Waals surface area contributed by atoms with Gasteiger partial charge in [0, 0.05) is 0 Å². The molecule has 0 radical (unpaired) electrons. The number of benzene rings is 1. The summed E-state index contributed by atoms with van der Waals surface area (Å²) in [6.45, 7) is 3.91. The summed E-state index contributed by atoms with van der Waals surface area (Å²) in [5, 5.41) is 3.34. The minimum atomic E-state index is -0.209. The van der Waals surface area contributed by atoms with E-state index in [0.29, 0.717) is 17.2 Å². The van der Waals surface area contributed by atoms with Crippen molar-refractivity contribution < 1.29 is 9.13 Å². The smallest absolute Gasteiger partial charge is 0.168 e. The summed E-state index contributed by atoms with van der Waals surface area (Å²) in [5.41, 5.74) is 1.65. The Hall–Kier alpha value is -1.09. The van der Waals surface area contributed by atoms with E-state index in [1.54, 1.807) is 14.0 Å². The summed E-state index contributed by atoms with van der Waals surface area (Å²) in [6.07, 6.45) is 3.25. The van der Waals surface area contributed by atoms with E-state index in [2.05, 4.69) is 5.32 Å². The molecule has 0 spiro atoms. The molecule has 0 unspecified atom stereocenters. The van der Waals surface area contributed by atoms with Gasteiger partial charge in [0.1, 0.15) is 0 Å².